The molecule has 17 heavy (non-hydrogen) atoms. The number of hydrogen-bond acceptors (Lipinski definition) is 3. The third kappa shape index (κ3) is 3.30. The summed E-state index contributed by atoms with van der Waals surface area (Å²) in [7, 11) is 5.54. The second-order valence-corrected chi connectivity index (χ2v) is 4.59. The number of aryl methyl sites for hydroxylation is 1. The molecule has 5 heteroatoms. The molecule has 1 amide bonds. The second-order valence-electron chi connectivity index (χ2n) is 4.59. The number of nitrogens with zero attached hydrogens (tertiary/aromatic N) is 3. The molecule has 1 N–H and O–H groups in total. The van der Waals surface area contributed by atoms with Crippen LogP contribution in [0.3, 0.4) is 0 Å². The zero-order valence-corrected chi connectivity index (χ0v) is 11.3. The highest BCUT2D eigenvalue weighted by atomic mass is 16.2. The third-order valence-electron chi connectivity index (χ3n) is 2.68. The summed E-state index contributed by atoms with van der Waals surface area (Å²) in [6.45, 7) is 5.58. The predicted molar refractivity (Wildman–Crippen MR) is 68.2 cm³/mol. The smallest absolute Gasteiger partial charge is 0.257 e. The summed E-state index contributed by atoms with van der Waals surface area (Å²) in [6.07, 6.45) is 1.80. The van der Waals surface area contributed by atoms with E-state index < -0.39 is 0 Å². The van der Waals surface area contributed by atoms with Gasteiger partial charge in [-0.2, -0.15) is 5.10 Å². The Morgan fingerprint density at radius 3 is 2.76 bits per heavy atom. The van der Waals surface area contributed by atoms with Crippen molar-refractivity contribution >= 4 is 5.91 Å². The Hall–Kier alpha value is -1.36. The van der Waals surface area contributed by atoms with Crippen LogP contribution in [-0.4, -0.2) is 47.8 Å². The average molecular weight is 238 g/mol. The van der Waals surface area contributed by atoms with Crippen molar-refractivity contribution in [2.75, 3.05) is 27.2 Å². The summed E-state index contributed by atoms with van der Waals surface area (Å²) in [4.78, 5) is 14.0. The summed E-state index contributed by atoms with van der Waals surface area (Å²) < 4.78 is 1.70. The van der Waals surface area contributed by atoms with Gasteiger partial charge in [0.25, 0.3) is 5.91 Å². The van der Waals surface area contributed by atoms with Gasteiger partial charge >= 0.3 is 0 Å². The minimum absolute atomic E-state index is 0.0389. The first kappa shape index (κ1) is 13.7. The Morgan fingerprint density at radius 1 is 1.59 bits per heavy atom. The highest BCUT2D eigenvalue weighted by molar-refractivity contribution is 5.95. The van der Waals surface area contributed by atoms with Crippen LogP contribution < -0.4 is 5.32 Å². The van der Waals surface area contributed by atoms with Gasteiger partial charge in [0.15, 0.2) is 0 Å². The van der Waals surface area contributed by atoms with Crippen LogP contribution in [-0.2, 0) is 7.05 Å². The Kier molecular flexibility index (Phi) is 4.69. The first-order chi connectivity index (χ1) is 7.97. The molecule has 0 fully saturated rings. The normalized spacial score (nSPS) is 10.9. The van der Waals surface area contributed by atoms with Crippen LogP contribution in [0.4, 0.5) is 0 Å². The zero-order valence-electron chi connectivity index (χ0n) is 11.3. The molecule has 96 valence electrons. The van der Waals surface area contributed by atoms with Gasteiger partial charge in [-0.15, -0.1) is 0 Å². The van der Waals surface area contributed by atoms with Gasteiger partial charge in [0, 0.05) is 33.4 Å². The topological polar surface area (TPSA) is 50.2 Å². The summed E-state index contributed by atoms with van der Waals surface area (Å²) in [5.41, 5.74) is 1.58. The maximum atomic E-state index is 12.2. The molecule has 0 aliphatic carbocycles. The maximum absolute atomic E-state index is 12.2. The Labute approximate surface area is 103 Å². The fraction of sp³-hybridized carbons (Fsp3) is 0.667. The lowest BCUT2D eigenvalue weighted by atomic mass is 10.1. The summed E-state index contributed by atoms with van der Waals surface area (Å²) >= 11 is 0. The van der Waals surface area contributed by atoms with Crippen molar-refractivity contribution in [1.82, 2.24) is 20.0 Å². The highest BCUT2D eigenvalue weighted by Crippen LogP contribution is 2.18. The molecule has 0 aromatic carbocycles. The first-order valence-corrected chi connectivity index (χ1v) is 5.91. The number of carbonyl (C=O) groups excluding carboxylic acids is 1. The van der Waals surface area contributed by atoms with Gasteiger partial charge in [-0.05, 0) is 13.0 Å². The standard InChI is InChI=1S/C12H22N4O/c1-9(2)11-10(8-16(5)14-11)12(17)15(4)7-6-13-3/h8-9,13H,6-7H2,1-5H3. The molecule has 0 aliphatic rings. The number of amides is 1. The predicted octanol–water partition coefficient (Wildman–Crippen LogP) is 0.835. The number of aromatic nitrogens is 2. The molecular formula is C12H22N4O. The van der Waals surface area contributed by atoms with E-state index in [2.05, 4.69) is 10.4 Å². The highest BCUT2D eigenvalue weighted by Gasteiger charge is 2.20. The molecule has 1 rings (SSSR count). The van der Waals surface area contributed by atoms with Crippen LogP contribution >= 0.6 is 0 Å². The quantitative estimate of drug-likeness (QED) is 0.827. The van der Waals surface area contributed by atoms with Gasteiger partial charge in [0.2, 0.25) is 0 Å². The zero-order chi connectivity index (χ0) is 13.0. The van der Waals surface area contributed by atoms with E-state index in [1.165, 1.54) is 0 Å². The number of likely N-dealkylation sites (N-methyl/N-ethyl adjacent to an activating group) is 2. The minimum atomic E-state index is 0.0389. The SMILES string of the molecule is CNCCN(C)C(=O)c1cn(C)nc1C(C)C. The molecule has 0 unspecified atom stereocenters. The Bertz CT molecular complexity index is 384. The van der Waals surface area contributed by atoms with E-state index in [1.807, 2.05) is 35.0 Å². The van der Waals surface area contributed by atoms with Gasteiger partial charge in [-0.25, -0.2) is 0 Å². The molecule has 0 aliphatic heterocycles. The number of nitrogens with one attached hydrogen (secondary N) is 1. The lowest BCUT2D eigenvalue weighted by Gasteiger charge is -2.17. The second kappa shape index (κ2) is 5.82. The van der Waals surface area contributed by atoms with Crippen molar-refractivity contribution in [1.29, 1.82) is 0 Å². The van der Waals surface area contributed by atoms with E-state index in [0.29, 0.717) is 12.1 Å². The summed E-state index contributed by atoms with van der Waals surface area (Å²) in [6, 6.07) is 0. The van der Waals surface area contributed by atoms with Gasteiger partial charge < -0.3 is 10.2 Å². The van der Waals surface area contributed by atoms with E-state index in [4.69, 9.17) is 0 Å². The lowest BCUT2D eigenvalue weighted by molar-refractivity contribution is 0.0795. The molecule has 0 saturated heterocycles. The Balaban J connectivity index is 2.87. The van der Waals surface area contributed by atoms with Crippen LogP contribution in [0, 0.1) is 0 Å². The molecule has 1 aromatic heterocycles. The van der Waals surface area contributed by atoms with Crippen LogP contribution in [0.25, 0.3) is 0 Å². The summed E-state index contributed by atoms with van der Waals surface area (Å²) in [5, 5.41) is 7.38. The van der Waals surface area contributed by atoms with E-state index in [0.717, 1.165) is 12.2 Å². The first-order valence-electron chi connectivity index (χ1n) is 5.91. The molecule has 1 aromatic rings. The molecule has 1 heterocycles. The number of rotatable bonds is 5. The Morgan fingerprint density at radius 2 is 2.24 bits per heavy atom. The molecule has 0 bridgehead atoms. The van der Waals surface area contributed by atoms with Gasteiger partial charge in [0.1, 0.15) is 0 Å². The monoisotopic (exact) mass is 238 g/mol. The molecule has 0 spiro atoms. The van der Waals surface area contributed by atoms with Crippen molar-refractivity contribution in [3.63, 3.8) is 0 Å². The molecule has 0 atom stereocenters. The fourth-order valence-corrected chi connectivity index (χ4v) is 1.68. The van der Waals surface area contributed by atoms with Gasteiger partial charge in [-0.1, -0.05) is 13.8 Å². The summed E-state index contributed by atoms with van der Waals surface area (Å²) in [5.74, 6) is 0.296. The maximum Gasteiger partial charge on any atom is 0.257 e. The number of hydrogen-bond donors (Lipinski definition) is 1. The largest absolute Gasteiger partial charge is 0.340 e. The van der Waals surface area contributed by atoms with E-state index >= 15 is 0 Å². The fourth-order valence-electron chi connectivity index (χ4n) is 1.68. The molecular weight excluding hydrogens is 216 g/mol. The van der Waals surface area contributed by atoms with E-state index in [9.17, 15) is 4.79 Å². The lowest BCUT2D eigenvalue weighted by Crippen LogP contribution is -2.33. The van der Waals surface area contributed by atoms with Crippen molar-refractivity contribution in [3.05, 3.63) is 17.5 Å². The third-order valence-corrected chi connectivity index (χ3v) is 2.68. The number of carbonyl (C=O) groups is 1. The van der Waals surface area contributed by atoms with Crippen molar-refractivity contribution in [2.24, 2.45) is 7.05 Å². The van der Waals surface area contributed by atoms with Crippen LogP contribution in [0.1, 0.15) is 35.8 Å². The molecule has 0 saturated carbocycles. The van der Waals surface area contributed by atoms with Crippen molar-refractivity contribution in [2.45, 2.75) is 19.8 Å². The van der Waals surface area contributed by atoms with Gasteiger partial charge in [0.05, 0.1) is 11.3 Å². The van der Waals surface area contributed by atoms with Crippen molar-refractivity contribution in [3.8, 4) is 0 Å². The average Bonchev–Trinajstić information content (AvgIpc) is 2.67. The van der Waals surface area contributed by atoms with Gasteiger partial charge in [-0.3, -0.25) is 9.48 Å². The molecule has 5 nitrogen and oxygen atoms in total. The van der Waals surface area contributed by atoms with E-state index in [-0.39, 0.29) is 11.8 Å². The van der Waals surface area contributed by atoms with E-state index in [1.54, 1.807) is 15.8 Å². The minimum Gasteiger partial charge on any atom is -0.340 e. The van der Waals surface area contributed by atoms with Crippen LogP contribution in [0.15, 0.2) is 6.20 Å². The van der Waals surface area contributed by atoms with Crippen LogP contribution in [0.5, 0.6) is 0 Å². The molecule has 0 radical (unpaired) electrons. The van der Waals surface area contributed by atoms with Crippen LogP contribution in [0.2, 0.25) is 0 Å². The van der Waals surface area contributed by atoms with Crippen molar-refractivity contribution < 1.29 is 4.79 Å².